The molecule has 1 heterocycles. The fourth-order valence-corrected chi connectivity index (χ4v) is 4.79. The Hall–Kier alpha value is -3.57. The maximum Gasteiger partial charge on any atom is 0.262 e. The SMILES string of the molecule is O=C(COc1ccccc1)Nc1ccc2[nH]c3c(c2c1)CC(CNCCc1ccccc1)CC3. The van der Waals surface area contributed by atoms with Gasteiger partial charge in [0.2, 0.25) is 0 Å². The summed E-state index contributed by atoms with van der Waals surface area (Å²) in [5, 5.41) is 7.85. The number of H-pyrrole nitrogens is 1. The molecule has 0 fully saturated rings. The van der Waals surface area contributed by atoms with Gasteiger partial charge >= 0.3 is 0 Å². The maximum absolute atomic E-state index is 12.4. The average Bonchev–Trinajstić information content (AvgIpc) is 3.24. The number of para-hydroxylation sites is 1. The number of anilines is 1. The number of carbonyl (C=O) groups excluding carboxylic acids is 1. The first-order valence-corrected chi connectivity index (χ1v) is 12.1. The normalized spacial score (nSPS) is 15.1. The standard InChI is InChI=1S/C29H31N3O2/c33-29(20-34-24-9-5-2-6-10-24)31-23-12-14-28-26(18-23)25-17-22(11-13-27(25)32-28)19-30-16-15-21-7-3-1-4-8-21/h1-10,12,14,18,22,30,32H,11,13,15-17,19-20H2,(H,31,33). The highest BCUT2D eigenvalue weighted by Crippen LogP contribution is 2.33. The van der Waals surface area contributed by atoms with Crippen LogP contribution < -0.4 is 15.4 Å². The molecule has 1 unspecified atom stereocenters. The summed E-state index contributed by atoms with van der Waals surface area (Å²) in [6.07, 6.45) is 4.38. The first-order valence-electron chi connectivity index (χ1n) is 12.1. The van der Waals surface area contributed by atoms with Gasteiger partial charge in [-0.3, -0.25) is 4.79 Å². The van der Waals surface area contributed by atoms with Crippen molar-refractivity contribution in [3.05, 3.63) is 95.7 Å². The number of fused-ring (bicyclic) bond motifs is 3. The largest absolute Gasteiger partial charge is 0.484 e. The number of ether oxygens (including phenoxy) is 1. The minimum Gasteiger partial charge on any atom is -0.484 e. The zero-order valence-electron chi connectivity index (χ0n) is 19.3. The number of aryl methyl sites for hydroxylation is 1. The molecule has 0 spiro atoms. The first kappa shape index (κ1) is 22.2. The molecule has 34 heavy (non-hydrogen) atoms. The van der Waals surface area contributed by atoms with Crippen molar-refractivity contribution in [2.75, 3.05) is 25.0 Å². The van der Waals surface area contributed by atoms with Crippen molar-refractivity contribution >= 4 is 22.5 Å². The molecule has 3 N–H and O–H groups in total. The molecule has 5 nitrogen and oxygen atoms in total. The third-order valence-electron chi connectivity index (χ3n) is 6.55. The second kappa shape index (κ2) is 10.6. The van der Waals surface area contributed by atoms with Gasteiger partial charge in [0, 0.05) is 22.3 Å². The lowest BCUT2D eigenvalue weighted by molar-refractivity contribution is -0.118. The predicted molar refractivity (Wildman–Crippen MR) is 137 cm³/mol. The van der Waals surface area contributed by atoms with E-state index in [1.165, 1.54) is 28.6 Å². The Kier molecular flexibility index (Phi) is 6.91. The van der Waals surface area contributed by atoms with Crippen LogP contribution in [-0.4, -0.2) is 30.6 Å². The van der Waals surface area contributed by atoms with E-state index >= 15 is 0 Å². The van der Waals surface area contributed by atoms with E-state index < -0.39 is 0 Å². The van der Waals surface area contributed by atoms with Crippen LogP contribution in [0.25, 0.3) is 10.9 Å². The molecule has 0 saturated heterocycles. The van der Waals surface area contributed by atoms with Crippen LogP contribution in [0.15, 0.2) is 78.9 Å². The Labute approximate surface area is 200 Å². The number of benzene rings is 3. The monoisotopic (exact) mass is 453 g/mol. The lowest BCUT2D eigenvalue weighted by Crippen LogP contribution is -2.28. The van der Waals surface area contributed by atoms with E-state index in [1.54, 1.807) is 0 Å². The van der Waals surface area contributed by atoms with Crippen LogP contribution in [0.1, 0.15) is 23.2 Å². The maximum atomic E-state index is 12.4. The Morgan fingerprint density at radius 2 is 1.79 bits per heavy atom. The van der Waals surface area contributed by atoms with E-state index in [2.05, 4.69) is 58.1 Å². The summed E-state index contributed by atoms with van der Waals surface area (Å²) in [4.78, 5) is 16.0. The Morgan fingerprint density at radius 1 is 1.00 bits per heavy atom. The van der Waals surface area contributed by atoms with Gasteiger partial charge in [0.1, 0.15) is 5.75 Å². The van der Waals surface area contributed by atoms with Crippen LogP contribution in [0.3, 0.4) is 0 Å². The highest BCUT2D eigenvalue weighted by molar-refractivity contribution is 5.95. The van der Waals surface area contributed by atoms with Crippen LogP contribution in [0, 0.1) is 5.92 Å². The van der Waals surface area contributed by atoms with Crippen molar-refractivity contribution < 1.29 is 9.53 Å². The molecular formula is C29H31N3O2. The molecule has 4 aromatic rings. The summed E-state index contributed by atoms with van der Waals surface area (Å²) in [5.74, 6) is 1.16. The molecule has 0 aliphatic heterocycles. The van der Waals surface area contributed by atoms with Crippen LogP contribution in [0.5, 0.6) is 5.75 Å². The van der Waals surface area contributed by atoms with E-state index in [4.69, 9.17) is 4.74 Å². The number of rotatable bonds is 9. The number of carbonyl (C=O) groups is 1. The van der Waals surface area contributed by atoms with Crippen molar-refractivity contribution in [2.45, 2.75) is 25.7 Å². The zero-order chi connectivity index (χ0) is 23.2. The summed E-state index contributed by atoms with van der Waals surface area (Å²) in [6.45, 7) is 2.03. The number of amides is 1. The van der Waals surface area contributed by atoms with Crippen LogP contribution in [0.4, 0.5) is 5.69 Å². The zero-order valence-corrected chi connectivity index (χ0v) is 19.3. The van der Waals surface area contributed by atoms with E-state index in [0.717, 1.165) is 43.6 Å². The molecular weight excluding hydrogens is 422 g/mol. The molecule has 0 bridgehead atoms. The van der Waals surface area contributed by atoms with Crippen molar-refractivity contribution in [1.29, 1.82) is 0 Å². The van der Waals surface area contributed by atoms with Gasteiger partial charge < -0.3 is 20.4 Å². The van der Waals surface area contributed by atoms with Gasteiger partial charge in [-0.05, 0) is 86.1 Å². The molecule has 5 rings (SSSR count). The summed E-state index contributed by atoms with van der Waals surface area (Å²) < 4.78 is 5.57. The Bertz CT molecular complexity index is 1230. The molecule has 0 radical (unpaired) electrons. The highest BCUT2D eigenvalue weighted by Gasteiger charge is 2.22. The molecule has 174 valence electrons. The summed E-state index contributed by atoms with van der Waals surface area (Å²) in [7, 11) is 0. The molecule has 1 atom stereocenters. The molecule has 3 aromatic carbocycles. The second-order valence-corrected chi connectivity index (χ2v) is 9.04. The molecule has 1 aliphatic rings. The average molecular weight is 454 g/mol. The number of hydrogen-bond donors (Lipinski definition) is 3. The number of hydrogen-bond acceptors (Lipinski definition) is 3. The first-order chi connectivity index (χ1) is 16.7. The van der Waals surface area contributed by atoms with Crippen LogP contribution in [-0.2, 0) is 24.1 Å². The van der Waals surface area contributed by atoms with E-state index in [9.17, 15) is 4.79 Å². The van der Waals surface area contributed by atoms with Gasteiger partial charge in [0.05, 0.1) is 0 Å². The van der Waals surface area contributed by atoms with Crippen LogP contribution in [0.2, 0.25) is 0 Å². The lowest BCUT2D eigenvalue weighted by Gasteiger charge is -2.23. The van der Waals surface area contributed by atoms with E-state index in [-0.39, 0.29) is 12.5 Å². The summed E-state index contributed by atoms with van der Waals surface area (Å²) in [6, 6.07) is 26.1. The van der Waals surface area contributed by atoms with E-state index in [0.29, 0.717) is 11.7 Å². The highest BCUT2D eigenvalue weighted by atomic mass is 16.5. The Morgan fingerprint density at radius 3 is 2.62 bits per heavy atom. The van der Waals surface area contributed by atoms with E-state index in [1.807, 2.05) is 36.4 Å². The predicted octanol–water partition coefficient (Wildman–Crippen LogP) is 5.12. The number of nitrogens with one attached hydrogen (secondary N) is 3. The smallest absolute Gasteiger partial charge is 0.262 e. The molecule has 1 amide bonds. The fourth-order valence-electron chi connectivity index (χ4n) is 4.79. The minimum atomic E-state index is -0.159. The van der Waals surface area contributed by atoms with Crippen molar-refractivity contribution in [3.63, 3.8) is 0 Å². The van der Waals surface area contributed by atoms with Gasteiger partial charge in [-0.1, -0.05) is 48.5 Å². The van der Waals surface area contributed by atoms with Gasteiger partial charge in [0.25, 0.3) is 5.91 Å². The van der Waals surface area contributed by atoms with Gasteiger partial charge in [-0.15, -0.1) is 0 Å². The topological polar surface area (TPSA) is 66.1 Å². The minimum absolute atomic E-state index is 0.00990. The third-order valence-corrected chi connectivity index (χ3v) is 6.55. The van der Waals surface area contributed by atoms with Crippen molar-refractivity contribution in [3.8, 4) is 5.75 Å². The van der Waals surface area contributed by atoms with Gasteiger partial charge in [-0.25, -0.2) is 0 Å². The van der Waals surface area contributed by atoms with Crippen molar-refractivity contribution in [2.24, 2.45) is 5.92 Å². The van der Waals surface area contributed by atoms with Gasteiger partial charge in [0.15, 0.2) is 6.61 Å². The Balaban J connectivity index is 1.17. The van der Waals surface area contributed by atoms with Gasteiger partial charge in [-0.2, -0.15) is 0 Å². The second-order valence-electron chi connectivity index (χ2n) is 9.04. The molecule has 0 saturated carbocycles. The fraction of sp³-hybridized carbons (Fsp3) is 0.276. The summed E-state index contributed by atoms with van der Waals surface area (Å²) in [5.41, 5.74) is 6.06. The molecule has 1 aromatic heterocycles. The summed E-state index contributed by atoms with van der Waals surface area (Å²) >= 11 is 0. The number of aromatic nitrogens is 1. The van der Waals surface area contributed by atoms with Crippen LogP contribution >= 0.6 is 0 Å². The quantitative estimate of drug-likeness (QED) is 0.308. The third kappa shape index (κ3) is 5.49. The van der Waals surface area contributed by atoms with Crippen molar-refractivity contribution in [1.82, 2.24) is 10.3 Å². The lowest BCUT2D eigenvalue weighted by atomic mass is 9.86. The molecule has 1 aliphatic carbocycles. The number of aromatic amines is 1. The molecule has 5 heteroatoms.